The van der Waals surface area contributed by atoms with Gasteiger partial charge in [0.25, 0.3) is 0 Å². The van der Waals surface area contributed by atoms with Gasteiger partial charge in [-0.05, 0) is 31.5 Å². The van der Waals surface area contributed by atoms with E-state index in [0.29, 0.717) is 22.6 Å². The van der Waals surface area contributed by atoms with E-state index >= 15 is 0 Å². The largest absolute Gasteiger partial charge is 0.496 e. The van der Waals surface area contributed by atoms with Gasteiger partial charge in [0, 0.05) is 0 Å². The number of methoxy groups -OCH3 is 1. The van der Waals surface area contributed by atoms with Crippen LogP contribution in [-0.4, -0.2) is 19.0 Å². The lowest BCUT2D eigenvalue weighted by atomic mass is 9.94. The SMILES string of the molecule is COC1=C(c2ccccc2)C(=O)c2cc(C)ccc2OC1C. The van der Waals surface area contributed by atoms with Crippen LogP contribution >= 0.6 is 0 Å². The quantitative estimate of drug-likeness (QED) is 0.839. The van der Waals surface area contributed by atoms with E-state index in [-0.39, 0.29) is 11.9 Å². The molecule has 0 fully saturated rings. The standard InChI is InChI=1S/C19H18O3/c1-12-9-10-16-15(11-12)18(20)17(14-7-5-4-6-8-14)19(21-3)13(2)22-16/h4-11,13H,1-3H3. The zero-order valence-electron chi connectivity index (χ0n) is 12.9. The lowest BCUT2D eigenvalue weighted by molar-refractivity contribution is 0.105. The zero-order chi connectivity index (χ0) is 15.7. The lowest BCUT2D eigenvalue weighted by Crippen LogP contribution is -2.17. The Labute approximate surface area is 130 Å². The number of hydrogen-bond acceptors (Lipinski definition) is 3. The number of carbonyl (C=O) groups excluding carboxylic acids is 1. The maximum atomic E-state index is 13.1. The summed E-state index contributed by atoms with van der Waals surface area (Å²) < 4.78 is 11.4. The van der Waals surface area contributed by atoms with Gasteiger partial charge in [-0.25, -0.2) is 0 Å². The van der Waals surface area contributed by atoms with Crippen molar-refractivity contribution in [1.29, 1.82) is 0 Å². The molecular formula is C19H18O3. The molecule has 1 aliphatic rings. The van der Waals surface area contributed by atoms with E-state index in [1.165, 1.54) is 0 Å². The minimum atomic E-state index is -0.326. The number of allylic oxidation sites excluding steroid dienone is 1. The summed E-state index contributed by atoms with van der Waals surface area (Å²) in [7, 11) is 1.58. The summed E-state index contributed by atoms with van der Waals surface area (Å²) in [5.41, 5.74) is 3.02. The minimum Gasteiger partial charge on any atom is -0.496 e. The number of carbonyl (C=O) groups is 1. The van der Waals surface area contributed by atoms with Gasteiger partial charge >= 0.3 is 0 Å². The molecule has 22 heavy (non-hydrogen) atoms. The maximum absolute atomic E-state index is 13.1. The molecule has 0 bridgehead atoms. The number of fused-ring (bicyclic) bond motifs is 1. The van der Waals surface area contributed by atoms with E-state index < -0.39 is 0 Å². The minimum absolute atomic E-state index is 0.0638. The molecule has 112 valence electrons. The van der Waals surface area contributed by atoms with Crippen molar-refractivity contribution in [2.45, 2.75) is 20.0 Å². The molecule has 0 spiro atoms. The summed E-state index contributed by atoms with van der Waals surface area (Å²) in [5.74, 6) is 1.10. The van der Waals surface area contributed by atoms with Crippen LogP contribution in [0.5, 0.6) is 5.75 Å². The van der Waals surface area contributed by atoms with Crippen molar-refractivity contribution < 1.29 is 14.3 Å². The fourth-order valence-corrected chi connectivity index (χ4v) is 2.76. The van der Waals surface area contributed by atoms with E-state index in [1.807, 2.05) is 62.4 Å². The average Bonchev–Trinajstić information content (AvgIpc) is 2.63. The van der Waals surface area contributed by atoms with Gasteiger partial charge in [0.05, 0.1) is 18.2 Å². The third-order valence-corrected chi connectivity index (χ3v) is 3.81. The molecule has 1 unspecified atom stereocenters. The van der Waals surface area contributed by atoms with E-state index in [1.54, 1.807) is 7.11 Å². The Balaban J connectivity index is 2.25. The van der Waals surface area contributed by atoms with Crippen molar-refractivity contribution in [2.24, 2.45) is 0 Å². The first kappa shape index (κ1) is 14.4. The molecule has 0 aromatic heterocycles. The molecule has 0 saturated carbocycles. The van der Waals surface area contributed by atoms with Crippen LogP contribution < -0.4 is 4.74 Å². The molecule has 3 nitrogen and oxygen atoms in total. The van der Waals surface area contributed by atoms with Crippen molar-refractivity contribution in [2.75, 3.05) is 7.11 Å². The van der Waals surface area contributed by atoms with Gasteiger partial charge in [-0.2, -0.15) is 0 Å². The molecule has 0 aliphatic carbocycles. The monoisotopic (exact) mass is 294 g/mol. The lowest BCUT2D eigenvalue weighted by Gasteiger charge is -2.17. The van der Waals surface area contributed by atoms with Gasteiger partial charge < -0.3 is 9.47 Å². The predicted molar refractivity (Wildman–Crippen MR) is 86.0 cm³/mol. The number of hydrogen-bond donors (Lipinski definition) is 0. The van der Waals surface area contributed by atoms with E-state index in [0.717, 1.165) is 11.1 Å². The summed E-state index contributed by atoms with van der Waals surface area (Å²) >= 11 is 0. The van der Waals surface area contributed by atoms with Crippen LogP contribution in [0.4, 0.5) is 0 Å². The van der Waals surface area contributed by atoms with E-state index in [9.17, 15) is 4.79 Å². The third-order valence-electron chi connectivity index (χ3n) is 3.81. The third kappa shape index (κ3) is 2.39. The van der Waals surface area contributed by atoms with Gasteiger partial charge in [-0.15, -0.1) is 0 Å². The van der Waals surface area contributed by atoms with Gasteiger partial charge in [-0.1, -0.05) is 42.0 Å². The maximum Gasteiger partial charge on any atom is 0.200 e. The van der Waals surface area contributed by atoms with Gasteiger partial charge in [0.15, 0.2) is 6.10 Å². The molecule has 2 aromatic carbocycles. The van der Waals surface area contributed by atoms with E-state index in [4.69, 9.17) is 9.47 Å². The molecule has 1 atom stereocenters. The molecule has 0 saturated heterocycles. The van der Waals surface area contributed by atoms with Crippen molar-refractivity contribution in [3.63, 3.8) is 0 Å². The highest BCUT2D eigenvalue weighted by Crippen LogP contribution is 2.35. The number of aryl methyl sites for hydroxylation is 1. The molecule has 1 heterocycles. The Morgan fingerprint density at radius 3 is 2.50 bits per heavy atom. The van der Waals surface area contributed by atoms with Gasteiger partial charge in [-0.3, -0.25) is 4.79 Å². The summed E-state index contributed by atoms with van der Waals surface area (Å²) in [4.78, 5) is 13.1. The molecule has 0 radical (unpaired) electrons. The second kappa shape index (κ2) is 5.68. The summed E-state index contributed by atoms with van der Waals surface area (Å²) in [6.45, 7) is 3.86. The molecule has 3 heteroatoms. The van der Waals surface area contributed by atoms with Crippen LogP contribution in [0.15, 0.2) is 54.3 Å². The number of ketones is 1. The van der Waals surface area contributed by atoms with Crippen LogP contribution in [-0.2, 0) is 4.74 Å². The first-order chi connectivity index (χ1) is 10.6. The van der Waals surface area contributed by atoms with Crippen molar-refractivity contribution in [3.8, 4) is 5.75 Å². The molecular weight excluding hydrogens is 276 g/mol. The average molecular weight is 294 g/mol. The van der Waals surface area contributed by atoms with Crippen molar-refractivity contribution >= 4 is 11.4 Å². The fourth-order valence-electron chi connectivity index (χ4n) is 2.76. The molecule has 3 rings (SSSR count). The van der Waals surface area contributed by atoms with Crippen molar-refractivity contribution in [3.05, 3.63) is 71.0 Å². The van der Waals surface area contributed by atoms with E-state index in [2.05, 4.69) is 0 Å². The molecule has 2 aromatic rings. The molecule has 0 amide bonds. The second-order valence-corrected chi connectivity index (χ2v) is 5.40. The first-order valence-electron chi connectivity index (χ1n) is 7.27. The van der Waals surface area contributed by atoms with Crippen LogP contribution in [0, 0.1) is 6.92 Å². The number of rotatable bonds is 2. The summed E-state index contributed by atoms with van der Waals surface area (Å²) in [6, 6.07) is 15.2. The van der Waals surface area contributed by atoms with Gasteiger partial charge in [0.2, 0.25) is 5.78 Å². The normalized spacial score (nSPS) is 17.6. The second-order valence-electron chi connectivity index (χ2n) is 5.40. The van der Waals surface area contributed by atoms with Crippen LogP contribution in [0.3, 0.4) is 0 Å². The Morgan fingerprint density at radius 2 is 1.82 bits per heavy atom. The number of ether oxygens (including phenoxy) is 2. The number of Topliss-reactive ketones (excluding diaryl/α,β-unsaturated/α-hetero) is 1. The summed E-state index contributed by atoms with van der Waals surface area (Å²) in [5, 5.41) is 0. The molecule has 1 aliphatic heterocycles. The van der Waals surface area contributed by atoms with Gasteiger partial charge in [0.1, 0.15) is 11.5 Å². The predicted octanol–water partition coefficient (Wildman–Crippen LogP) is 4.02. The topological polar surface area (TPSA) is 35.5 Å². The van der Waals surface area contributed by atoms with Crippen molar-refractivity contribution in [1.82, 2.24) is 0 Å². The highest BCUT2D eigenvalue weighted by atomic mass is 16.5. The fraction of sp³-hybridized carbons (Fsp3) is 0.211. The van der Waals surface area contributed by atoms with Crippen LogP contribution in [0.1, 0.15) is 28.4 Å². The highest BCUT2D eigenvalue weighted by Gasteiger charge is 2.30. The zero-order valence-corrected chi connectivity index (χ0v) is 12.9. The van der Waals surface area contributed by atoms with Crippen LogP contribution in [0.25, 0.3) is 5.57 Å². The van der Waals surface area contributed by atoms with Crippen LogP contribution in [0.2, 0.25) is 0 Å². The Hall–Kier alpha value is -2.55. The smallest absolute Gasteiger partial charge is 0.200 e. The molecule has 0 N–H and O–H groups in total. The summed E-state index contributed by atoms with van der Waals surface area (Å²) in [6.07, 6.45) is -0.326. The Morgan fingerprint density at radius 1 is 1.09 bits per heavy atom. The number of benzene rings is 2. The highest BCUT2D eigenvalue weighted by molar-refractivity contribution is 6.30. The first-order valence-corrected chi connectivity index (χ1v) is 7.27. The Kier molecular flexibility index (Phi) is 3.72. The Bertz CT molecular complexity index is 745.